The first-order valence-electron chi connectivity index (χ1n) is 13.7. The van der Waals surface area contributed by atoms with E-state index in [2.05, 4.69) is 20.9 Å². The average Bonchev–Trinajstić information content (AvgIpc) is 3.53. The van der Waals surface area contributed by atoms with Gasteiger partial charge in [-0.2, -0.15) is 0 Å². The number of ether oxygens (including phenoxy) is 1. The summed E-state index contributed by atoms with van der Waals surface area (Å²) >= 11 is 8.78. The molecule has 4 aromatic carbocycles. The van der Waals surface area contributed by atoms with E-state index in [1.54, 1.807) is 61.7 Å². The van der Waals surface area contributed by atoms with Crippen LogP contribution in [0.2, 0.25) is 5.02 Å². The second kappa shape index (κ2) is 15.3. The van der Waals surface area contributed by atoms with Gasteiger partial charge in [0.15, 0.2) is 5.13 Å². The van der Waals surface area contributed by atoms with E-state index in [-0.39, 0.29) is 27.9 Å². The number of rotatable bonds is 11. The third-order valence-corrected chi connectivity index (χ3v) is 8.50. The lowest BCUT2D eigenvalue weighted by Gasteiger charge is -2.13. The maximum absolute atomic E-state index is 14.6. The first-order valence-corrected chi connectivity index (χ1v) is 16.0. The molecule has 3 N–H and O–H groups in total. The second-order valence-electron chi connectivity index (χ2n) is 9.60. The molecule has 232 valence electrons. The van der Waals surface area contributed by atoms with Gasteiger partial charge in [0.1, 0.15) is 17.3 Å². The zero-order chi connectivity index (χ0) is 32.5. The lowest BCUT2D eigenvalue weighted by atomic mass is 10.1. The fourth-order valence-electron chi connectivity index (χ4n) is 4.13. The van der Waals surface area contributed by atoms with Crippen molar-refractivity contribution in [1.82, 2.24) is 10.3 Å². The van der Waals surface area contributed by atoms with Gasteiger partial charge in [-0.15, -0.1) is 23.1 Å². The van der Waals surface area contributed by atoms with E-state index in [1.165, 1.54) is 47.4 Å². The number of thioether (sulfide) groups is 1. The molecule has 46 heavy (non-hydrogen) atoms. The van der Waals surface area contributed by atoms with Crippen LogP contribution in [0, 0.1) is 5.82 Å². The quantitative estimate of drug-likeness (QED) is 0.0978. The van der Waals surface area contributed by atoms with Crippen LogP contribution in [0.4, 0.5) is 15.2 Å². The van der Waals surface area contributed by atoms with Crippen LogP contribution in [0.3, 0.4) is 0 Å². The van der Waals surface area contributed by atoms with Gasteiger partial charge in [-0.25, -0.2) is 9.37 Å². The van der Waals surface area contributed by atoms with Crippen LogP contribution in [0.15, 0.2) is 113 Å². The Hall–Kier alpha value is -4.97. The second-order valence-corrected chi connectivity index (χ2v) is 11.9. The smallest absolute Gasteiger partial charge is 0.272 e. The van der Waals surface area contributed by atoms with Crippen molar-refractivity contribution >= 4 is 69.3 Å². The van der Waals surface area contributed by atoms with Crippen LogP contribution in [0.25, 0.3) is 17.3 Å². The summed E-state index contributed by atoms with van der Waals surface area (Å²) < 4.78 is 19.8. The summed E-state index contributed by atoms with van der Waals surface area (Å²) in [5, 5.41) is 10.5. The number of halogens is 2. The van der Waals surface area contributed by atoms with E-state index in [1.807, 2.05) is 29.6 Å². The summed E-state index contributed by atoms with van der Waals surface area (Å²) in [7, 11) is 1.60. The number of carbonyl (C=O) groups excluding carboxylic acids is 3. The topological polar surface area (TPSA) is 109 Å². The fraction of sp³-hybridized carbons (Fsp3) is 0.0588. The molecule has 5 rings (SSSR count). The predicted octanol–water partition coefficient (Wildman–Crippen LogP) is 7.75. The van der Waals surface area contributed by atoms with Crippen molar-refractivity contribution in [2.24, 2.45) is 0 Å². The van der Waals surface area contributed by atoms with Gasteiger partial charge >= 0.3 is 0 Å². The van der Waals surface area contributed by atoms with Gasteiger partial charge in [0, 0.05) is 32.7 Å². The number of aromatic nitrogens is 1. The summed E-state index contributed by atoms with van der Waals surface area (Å²) in [5.41, 5.74) is 2.10. The number of methoxy groups -OCH3 is 1. The molecule has 1 heterocycles. The highest BCUT2D eigenvalue weighted by Crippen LogP contribution is 2.28. The number of benzene rings is 4. The van der Waals surface area contributed by atoms with Crippen LogP contribution in [-0.4, -0.2) is 35.6 Å². The third kappa shape index (κ3) is 8.60. The molecule has 0 fully saturated rings. The van der Waals surface area contributed by atoms with E-state index < -0.39 is 17.6 Å². The Labute approximate surface area is 277 Å². The maximum Gasteiger partial charge on any atom is 0.272 e. The average molecular weight is 673 g/mol. The van der Waals surface area contributed by atoms with E-state index in [0.717, 1.165) is 17.0 Å². The van der Waals surface area contributed by atoms with Crippen LogP contribution in [0.1, 0.15) is 15.9 Å². The molecule has 3 amide bonds. The molecule has 1 aromatic heterocycles. The van der Waals surface area contributed by atoms with Crippen LogP contribution >= 0.6 is 34.7 Å². The van der Waals surface area contributed by atoms with Crippen molar-refractivity contribution in [3.63, 3.8) is 0 Å². The van der Waals surface area contributed by atoms with E-state index in [0.29, 0.717) is 21.3 Å². The zero-order valence-electron chi connectivity index (χ0n) is 24.3. The number of nitrogens with zero attached hydrogens (tertiary/aromatic N) is 1. The highest BCUT2D eigenvalue weighted by molar-refractivity contribution is 8.00. The van der Waals surface area contributed by atoms with Crippen LogP contribution < -0.4 is 20.7 Å². The van der Waals surface area contributed by atoms with Crippen LogP contribution in [-0.2, 0) is 9.59 Å². The van der Waals surface area contributed by atoms with Crippen molar-refractivity contribution in [1.29, 1.82) is 0 Å². The minimum Gasteiger partial charge on any atom is -0.497 e. The molecule has 5 aromatic rings. The Kier molecular flexibility index (Phi) is 10.8. The molecule has 0 spiro atoms. The maximum atomic E-state index is 14.6. The van der Waals surface area contributed by atoms with Gasteiger partial charge in [-0.05, 0) is 72.8 Å². The largest absolute Gasteiger partial charge is 0.497 e. The molecule has 8 nitrogen and oxygen atoms in total. The minimum atomic E-state index is -0.695. The van der Waals surface area contributed by atoms with Gasteiger partial charge < -0.3 is 20.7 Å². The third-order valence-electron chi connectivity index (χ3n) is 6.42. The first-order chi connectivity index (χ1) is 22.3. The molecule has 0 saturated carbocycles. The van der Waals surface area contributed by atoms with Crippen molar-refractivity contribution in [2.75, 3.05) is 23.5 Å². The molecule has 0 aliphatic rings. The standard InChI is InChI=1S/C34H26ClFN4O4S2/c1-44-24-15-13-21(14-16-24)30-19-46-34(39-30)40-31(41)20-45-25-10-5-9-23(17-25)37-33(43)29(18-26-27(35)11-6-12-28(26)36)38-32(42)22-7-3-2-4-8-22/h2-19H,20H2,1H3,(H,37,43)(H,38,42)(H,39,40,41)/b29-18+. The Morgan fingerprint density at radius 2 is 1.72 bits per heavy atom. The summed E-state index contributed by atoms with van der Waals surface area (Å²) in [4.78, 5) is 44.2. The number of amides is 3. The number of anilines is 2. The molecule has 0 saturated heterocycles. The summed E-state index contributed by atoms with van der Waals surface area (Å²) in [5.74, 6) is -1.31. The Bertz CT molecular complexity index is 1880. The SMILES string of the molecule is COc1ccc(-c2csc(NC(=O)CSc3cccc(NC(=O)/C(=C\c4c(F)cccc4Cl)NC(=O)c4ccccc4)c3)n2)cc1. The molecule has 0 bridgehead atoms. The van der Waals surface area contributed by atoms with Crippen molar-refractivity contribution in [3.05, 3.63) is 130 Å². The molecule has 0 aliphatic carbocycles. The fourth-order valence-corrected chi connectivity index (χ4v) is 5.84. The molecule has 0 aliphatic heterocycles. The normalized spacial score (nSPS) is 11.1. The number of hydrogen-bond acceptors (Lipinski definition) is 7. The predicted molar refractivity (Wildman–Crippen MR) is 182 cm³/mol. The summed E-state index contributed by atoms with van der Waals surface area (Å²) in [6, 6.07) is 26.8. The van der Waals surface area contributed by atoms with Crippen molar-refractivity contribution in [3.8, 4) is 17.0 Å². The molecule has 12 heteroatoms. The molecular formula is C34H26ClFN4O4S2. The Balaban J connectivity index is 1.24. The number of nitrogens with one attached hydrogen (secondary N) is 3. The lowest BCUT2D eigenvalue weighted by molar-refractivity contribution is -0.114. The molecular weight excluding hydrogens is 647 g/mol. The van der Waals surface area contributed by atoms with Gasteiger partial charge in [-0.3, -0.25) is 14.4 Å². The van der Waals surface area contributed by atoms with Gasteiger partial charge in [-0.1, -0.05) is 41.9 Å². The van der Waals surface area contributed by atoms with Crippen molar-refractivity contribution in [2.45, 2.75) is 4.90 Å². The molecule has 0 radical (unpaired) electrons. The van der Waals surface area contributed by atoms with Crippen molar-refractivity contribution < 1.29 is 23.5 Å². The first kappa shape index (κ1) is 32.4. The molecule has 0 atom stereocenters. The zero-order valence-corrected chi connectivity index (χ0v) is 26.6. The van der Waals surface area contributed by atoms with Gasteiger partial charge in [0.2, 0.25) is 5.91 Å². The van der Waals surface area contributed by atoms with E-state index >= 15 is 0 Å². The summed E-state index contributed by atoms with van der Waals surface area (Å²) in [6.45, 7) is 0. The lowest BCUT2D eigenvalue weighted by Crippen LogP contribution is -2.30. The summed E-state index contributed by atoms with van der Waals surface area (Å²) in [6.07, 6.45) is 1.19. The van der Waals surface area contributed by atoms with E-state index in [9.17, 15) is 18.8 Å². The Morgan fingerprint density at radius 1 is 0.957 bits per heavy atom. The Morgan fingerprint density at radius 3 is 2.46 bits per heavy atom. The van der Waals surface area contributed by atoms with E-state index in [4.69, 9.17) is 16.3 Å². The highest BCUT2D eigenvalue weighted by Gasteiger charge is 2.17. The van der Waals surface area contributed by atoms with Crippen LogP contribution in [0.5, 0.6) is 5.75 Å². The molecule has 0 unspecified atom stereocenters. The number of carbonyl (C=O) groups is 3. The van der Waals surface area contributed by atoms with Gasteiger partial charge in [0.25, 0.3) is 11.8 Å². The number of thiazole rings is 1. The monoisotopic (exact) mass is 672 g/mol. The van der Waals surface area contributed by atoms with Gasteiger partial charge in [0.05, 0.1) is 23.6 Å². The minimum absolute atomic E-state index is 0.0469. The number of hydrogen-bond donors (Lipinski definition) is 3. The highest BCUT2D eigenvalue weighted by atomic mass is 35.5.